The molecule has 0 aliphatic heterocycles. The first-order chi connectivity index (χ1) is 13.7. The van der Waals surface area contributed by atoms with E-state index in [1.54, 1.807) is 0 Å². The molecule has 1 unspecified atom stereocenters. The summed E-state index contributed by atoms with van der Waals surface area (Å²) in [5.74, 6) is -0.741. The molecule has 7 nitrogen and oxygen atoms in total. The molecule has 0 spiro atoms. The number of anilines is 1. The number of nitrogens with zero attached hydrogens (tertiary/aromatic N) is 1. The van der Waals surface area contributed by atoms with Gasteiger partial charge < -0.3 is 15.7 Å². The highest BCUT2D eigenvalue weighted by Gasteiger charge is 2.34. The summed E-state index contributed by atoms with van der Waals surface area (Å²) in [7, 11) is 0. The van der Waals surface area contributed by atoms with Crippen molar-refractivity contribution in [2.24, 2.45) is 0 Å². The second kappa shape index (κ2) is 8.08. The number of benzene rings is 2. The summed E-state index contributed by atoms with van der Waals surface area (Å²) in [5, 5.41) is 26.7. The minimum atomic E-state index is -4.65. The minimum Gasteiger partial charge on any atom is -0.387 e. The van der Waals surface area contributed by atoms with Gasteiger partial charge in [-0.25, -0.2) is 0 Å². The zero-order chi connectivity index (χ0) is 21.2. The van der Waals surface area contributed by atoms with Crippen LogP contribution in [0.25, 0.3) is 0 Å². The van der Waals surface area contributed by atoms with Crippen molar-refractivity contribution in [3.8, 4) is 0 Å². The lowest BCUT2D eigenvalue weighted by atomic mass is 10.0. The van der Waals surface area contributed by atoms with E-state index < -0.39 is 35.2 Å². The molecule has 1 aliphatic rings. The van der Waals surface area contributed by atoms with Crippen molar-refractivity contribution >= 4 is 17.3 Å². The van der Waals surface area contributed by atoms with Crippen molar-refractivity contribution in [3.63, 3.8) is 0 Å². The van der Waals surface area contributed by atoms with Crippen molar-refractivity contribution in [2.75, 3.05) is 11.9 Å². The Morgan fingerprint density at radius 1 is 1.24 bits per heavy atom. The van der Waals surface area contributed by atoms with Gasteiger partial charge in [-0.05, 0) is 36.6 Å². The molecule has 0 bridgehead atoms. The molecule has 29 heavy (non-hydrogen) atoms. The molecule has 0 heterocycles. The predicted octanol–water partition coefficient (Wildman–Crippen LogP) is 3.65. The number of nitrogens with one attached hydrogen (secondary N) is 2. The molecule has 1 atom stereocenters. The average Bonchev–Trinajstić information content (AvgIpc) is 3.49. The Morgan fingerprint density at radius 3 is 2.55 bits per heavy atom. The van der Waals surface area contributed by atoms with Crippen molar-refractivity contribution < 1.29 is 28.0 Å². The molecule has 10 heteroatoms. The first-order valence-electron chi connectivity index (χ1n) is 8.84. The number of alkyl halides is 3. The summed E-state index contributed by atoms with van der Waals surface area (Å²) < 4.78 is 39.2. The van der Waals surface area contributed by atoms with Crippen molar-refractivity contribution in [3.05, 3.63) is 69.3 Å². The zero-order valence-electron chi connectivity index (χ0n) is 15.1. The highest BCUT2D eigenvalue weighted by Crippen LogP contribution is 2.34. The first-order valence-corrected chi connectivity index (χ1v) is 8.84. The summed E-state index contributed by atoms with van der Waals surface area (Å²) >= 11 is 0. The number of rotatable bonds is 7. The Hall–Kier alpha value is -3.14. The third-order valence-electron chi connectivity index (χ3n) is 4.47. The third kappa shape index (κ3) is 5.02. The highest BCUT2D eigenvalue weighted by atomic mass is 19.4. The van der Waals surface area contributed by atoms with E-state index in [9.17, 15) is 33.2 Å². The lowest BCUT2D eigenvalue weighted by Crippen LogP contribution is -2.29. The van der Waals surface area contributed by atoms with Crippen LogP contribution in [0.3, 0.4) is 0 Å². The maximum atomic E-state index is 13.1. The normalized spacial score (nSPS) is 14.9. The maximum Gasteiger partial charge on any atom is 0.416 e. The number of carbonyl (C=O) groups is 1. The van der Waals surface area contributed by atoms with Gasteiger partial charge in [-0.1, -0.05) is 18.2 Å². The van der Waals surface area contributed by atoms with Crippen LogP contribution in [0.2, 0.25) is 0 Å². The number of carbonyl (C=O) groups excluding carboxylic acids is 1. The first kappa shape index (κ1) is 20.6. The van der Waals surface area contributed by atoms with E-state index >= 15 is 0 Å². The van der Waals surface area contributed by atoms with Gasteiger partial charge in [-0.15, -0.1) is 0 Å². The summed E-state index contributed by atoms with van der Waals surface area (Å²) in [6, 6.07) is 8.59. The quantitative estimate of drug-likeness (QED) is 0.478. The Balaban J connectivity index is 1.71. The third-order valence-corrected chi connectivity index (χ3v) is 4.47. The number of amides is 1. The van der Waals surface area contributed by atoms with Gasteiger partial charge in [-0.2, -0.15) is 13.2 Å². The number of aliphatic hydroxyl groups excluding tert-OH is 1. The molecule has 2 aromatic carbocycles. The molecule has 1 saturated carbocycles. The standard InChI is InChI=1S/C19H18F3N3O4/c20-19(21,22)14-4-2-1-3-13(14)17(26)10-23-18(27)11-5-8-15(24-12-6-7-12)16(9-11)25(28)29/h1-5,8-9,12,17,24,26H,6-7,10H2,(H,23,27). The van der Waals surface area contributed by atoms with Gasteiger partial charge in [0.1, 0.15) is 5.69 Å². The van der Waals surface area contributed by atoms with Crippen molar-refractivity contribution in [1.29, 1.82) is 0 Å². The Bertz CT molecular complexity index is 929. The molecule has 0 radical (unpaired) electrons. The maximum absolute atomic E-state index is 13.1. The average molecular weight is 409 g/mol. The van der Waals surface area contributed by atoms with Gasteiger partial charge in [0.15, 0.2) is 0 Å². The van der Waals surface area contributed by atoms with Gasteiger partial charge in [0, 0.05) is 24.2 Å². The number of nitro benzene ring substituents is 1. The van der Waals surface area contributed by atoms with E-state index in [1.165, 1.54) is 24.3 Å². The lowest BCUT2D eigenvalue weighted by Gasteiger charge is -2.18. The van der Waals surface area contributed by atoms with Crippen LogP contribution in [0.15, 0.2) is 42.5 Å². The molecule has 0 aromatic heterocycles. The number of nitro groups is 1. The Kier molecular flexibility index (Phi) is 5.73. The van der Waals surface area contributed by atoms with E-state index in [-0.39, 0.29) is 22.9 Å². The molecular formula is C19H18F3N3O4. The van der Waals surface area contributed by atoms with E-state index in [1.807, 2.05) is 0 Å². The molecule has 0 saturated heterocycles. The van der Waals surface area contributed by atoms with Crippen LogP contribution in [-0.4, -0.2) is 28.5 Å². The fraction of sp³-hybridized carbons (Fsp3) is 0.316. The van der Waals surface area contributed by atoms with Gasteiger partial charge in [-0.3, -0.25) is 14.9 Å². The lowest BCUT2D eigenvalue weighted by molar-refractivity contribution is -0.384. The molecule has 2 aromatic rings. The van der Waals surface area contributed by atoms with Crippen LogP contribution < -0.4 is 10.6 Å². The monoisotopic (exact) mass is 409 g/mol. The van der Waals surface area contributed by atoms with Crippen LogP contribution in [0.4, 0.5) is 24.5 Å². The SMILES string of the molecule is O=C(NCC(O)c1ccccc1C(F)(F)F)c1ccc(NC2CC2)c([N+](=O)[O-])c1. The van der Waals surface area contributed by atoms with Gasteiger partial charge in [0.05, 0.1) is 16.6 Å². The summed E-state index contributed by atoms with van der Waals surface area (Å²) in [4.78, 5) is 22.9. The fourth-order valence-electron chi connectivity index (χ4n) is 2.84. The number of halogens is 3. The predicted molar refractivity (Wildman–Crippen MR) is 98.5 cm³/mol. The summed E-state index contributed by atoms with van der Waals surface area (Å²) in [5.41, 5.74) is -1.36. The number of aliphatic hydroxyl groups is 1. The smallest absolute Gasteiger partial charge is 0.387 e. The molecule has 1 fully saturated rings. The number of hydrogen-bond donors (Lipinski definition) is 3. The molecule has 1 aliphatic carbocycles. The van der Waals surface area contributed by atoms with Crippen LogP contribution in [0.5, 0.6) is 0 Å². The summed E-state index contributed by atoms with van der Waals surface area (Å²) in [6.45, 7) is -0.484. The largest absolute Gasteiger partial charge is 0.416 e. The van der Waals surface area contributed by atoms with E-state index in [2.05, 4.69) is 10.6 Å². The second-order valence-electron chi connectivity index (χ2n) is 6.72. The van der Waals surface area contributed by atoms with E-state index in [0.717, 1.165) is 31.0 Å². The Labute approximate surface area is 163 Å². The van der Waals surface area contributed by atoms with E-state index in [0.29, 0.717) is 5.69 Å². The fourth-order valence-corrected chi connectivity index (χ4v) is 2.84. The Morgan fingerprint density at radius 2 is 1.93 bits per heavy atom. The van der Waals surface area contributed by atoms with Gasteiger partial charge >= 0.3 is 6.18 Å². The number of hydrogen-bond acceptors (Lipinski definition) is 5. The zero-order valence-corrected chi connectivity index (χ0v) is 15.1. The highest BCUT2D eigenvalue weighted by molar-refractivity contribution is 5.95. The van der Waals surface area contributed by atoms with Gasteiger partial charge in [0.2, 0.25) is 0 Å². The van der Waals surface area contributed by atoms with Crippen molar-refractivity contribution in [2.45, 2.75) is 31.2 Å². The van der Waals surface area contributed by atoms with Crippen LogP contribution in [-0.2, 0) is 6.18 Å². The van der Waals surface area contributed by atoms with Crippen LogP contribution in [0.1, 0.15) is 40.4 Å². The molecule has 1 amide bonds. The topological polar surface area (TPSA) is 104 Å². The minimum absolute atomic E-state index is 0.0330. The molecular weight excluding hydrogens is 391 g/mol. The second-order valence-corrected chi connectivity index (χ2v) is 6.72. The van der Waals surface area contributed by atoms with Gasteiger partial charge in [0.25, 0.3) is 11.6 Å². The van der Waals surface area contributed by atoms with Crippen LogP contribution >= 0.6 is 0 Å². The van der Waals surface area contributed by atoms with E-state index in [4.69, 9.17) is 0 Å². The van der Waals surface area contributed by atoms with Crippen molar-refractivity contribution in [1.82, 2.24) is 5.32 Å². The molecule has 3 rings (SSSR count). The molecule has 154 valence electrons. The summed E-state index contributed by atoms with van der Waals surface area (Å²) in [6.07, 6.45) is -4.41. The molecule has 3 N–H and O–H groups in total. The van der Waals surface area contributed by atoms with Crippen LogP contribution in [0, 0.1) is 10.1 Å².